The van der Waals surface area contributed by atoms with Gasteiger partial charge in [-0.15, -0.1) is 0 Å². The maximum absolute atomic E-state index is 13.3. The molecule has 0 aliphatic carbocycles. The lowest BCUT2D eigenvalue weighted by molar-refractivity contribution is 0.415. The number of methoxy groups -OCH3 is 1. The molecule has 3 nitrogen and oxygen atoms in total. The zero-order valence-corrected chi connectivity index (χ0v) is 11.2. The van der Waals surface area contributed by atoms with Crippen LogP contribution in [0.4, 0.5) is 4.39 Å². The highest BCUT2D eigenvalue weighted by molar-refractivity contribution is 5.82. The van der Waals surface area contributed by atoms with Gasteiger partial charge in [-0.25, -0.2) is 14.4 Å². The maximum Gasteiger partial charge on any atom is 0.160 e. The van der Waals surface area contributed by atoms with Crippen LogP contribution < -0.4 is 4.74 Å². The molecule has 4 heteroatoms. The van der Waals surface area contributed by atoms with E-state index in [2.05, 4.69) is 9.97 Å². The molecule has 1 heterocycles. The van der Waals surface area contributed by atoms with Crippen LogP contribution in [0.3, 0.4) is 0 Å². The van der Waals surface area contributed by atoms with E-state index in [0.29, 0.717) is 11.3 Å². The Kier molecular flexibility index (Phi) is 3.06. The Morgan fingerprint density at radius 3 is 2.45 bits per heavy atom. The Bertz CT molecular complexity index is 769. The first kappa shape index (κ1) is 12.5. The van der Waals surface area contributed by atoms with Crippen LogP contribution in [0.2, 0.25) is 0 Å². The van der Waals surface area contributed by atoms with Gasteiger partial charge in [0.15, 0.2) is 5.82 Å². The average Bonchev–Trinajstić information content (AvgIpc) is 2.46. The molecule has 3 rings (SSSR count). The smallest absolute Gasteiger partial charge is 0.160 e. The minimum absolute atomic E-state index is 0.295. The van der Waals surface area contributed by atoms with Crippen molar-refractivity contribution < 1.29 is 9.13 Å². The molecule has 20 heavy (non-hydrogen) atoms. The topological polar surface area (TPSA) is 35.0 Å². The SMILES string of the molecule is COc1ccc(-c2nc(C)c3ccc(F)cc3n2)cc1. The summed E-state index contributed by atoms with van der Waals surface area (Å²) < 4.78 is 18.4. The quantitative estimate of drug-likeness (QED) is 0.710. The van der Waals surface area contributed by atoms with E-state index in [9.17, 15) is 4.39 Å². The Balaban J connectivity index is 2.15. The largest absolute Gasteiger partial charge is 0.497 e. The van der Waals surface area contributed by atoms with Gasteiger partial charge in [0.05, 0.1) is 12.6 Å². The summed E-state index contributed by atoms with van der Waals surface area (Å²) in [6, 6.07) is 12.0. The lowest BCUT2D eigenvalue weighted by Crippen LogP contribution is -1.95. The van der Waals surface area contributed by atoms with Gasteiger partial charge in [-0.05, 0) is 43.3 Å². The lowest BCUT2D eigenvalue weighted by Gasteiger charge is -2.06. The third kappa shape index (κ3) is 2.20. The molecule has 0 N–H and O–H groups in total. The molecular weight excluding hydrogens is 255 g/mol. The van der Waals surface area contributed by atoms with Gasteiger partial charge < -0.3 is 4.74 Å². The summed E-state index contributed by atoms with van der Waals surface area (Å²) in [5, 5.41) is 0.865. The zero-order valence-electron chi connectivity index (χ0n) is 11.2. The van der Waals surface area contributed by atoms with E-state index in [0.717, 1.165) is 22.4 Å². The summed E-state index contributed by atoms with van der Waals surface area (Å²) in [6.45, 7) is 1.90. The number of nitrogens with zero attached hydrogens (tertiary/aromatic N) is 2. The number of hydrogen-bond donors (Lipinski definition) is 0. The number of aromatic nitrogens is 2. The lowest BCUT2D eigenvalue weighted by atomic mass is 10.1. The van der Waals surface area contributed by atoms with E-state index in [4.69, 9.17) is 4.74 Å². The van der Waals surface area contributed by atoms with Crippen molar-refractivity contribution in [1.82, 2.24) is 9.97 Å². The first-order chi connectivity index (χ1) is 9.67. The highest BCUT2D eigenvalue weighted by atomic mass is 19.1. The normalized spacial score (nSPS) is 10.8. The van der Waals surface area contributed by atoms with Crippen LogP contribution >= 0.6 is 0 Å². The molecule has 0 atom stereocenters. The fourth-order valence-electron chi connectivity index (χ4n) is 2.13. The van der Waals surface area contributed by atoms with Gasteiger partial charge in [0.1, 0.15) is 11.6 Å². The third-order valence-corrected chi connectivity index (χ3v) is 3.20. The van der Waals surface area contributed by atoms with Gasteiger partial charge in [0.25, 0.3) is 0 Å². The zero-order chi connectivity index (χ0) is 14.1. The van der Waals surface area contributed by atoms with E-state index >= 15 is 0 Å². The molecule has 0 radical (unpaired) electrons. The summed E-state index contributed by atoms with van der Waals surface area (Å²) in [5.41, 5.74) is 2.32. The molecule has 2 aromatic carbocycles. The molecule has 1 aromatic heterocycles. The molecule has 0 aliphatic heterocycles. The predicted octanol–water partition coefficient (Wildman–Crippen LogP) is 3.75. The monoisotopic (exact) mass is 268 g/mol. The standard InChI is InChI=1S/C16H13FN2O/c1-10-14-8-5-12(17)9-15(14)19-16(18-10)11-3-6-13(20-2)7-4-11/h3-9H,1-2H3. The van der Waals surface area contributed by atoms with E-state index in [-0.39, 0.29) is 5.82 Å². The van der Waals surface area contributed by atoms with Crippen molar-refractivity contribution in [3.05, 3.63) is 54.0 Å². The van der Waals surface area contributed by atoms with Crippen LogP contribution in [0, 0.1) is 12.7 Å². The van der Waals surface area contributed by atoms with Gasteiger partial charge >= 0.3 is 0 Å². The minimum atomic E-state index is -0.295. The molecular formula is C16H13FN2O. The van der Waals surface area contributed by atoms with Gasteiger partial charge in [0.2, 0.25) is 0 Å². The van der Waals surface area contributed by atoms with Crippen LogP contribution in [0.25, 0.3) is 22.3 Å². The second kappa shape index (κ2) is 4.89. The summed E-state index contributed by atoms with van der Waals surface area (Å²) in [7, 11) is 1.62. The molecule has 0 bridgehead atoms. The third-order valence-electron chi connectivity index (χ3n) is 3.20. The molecule has 0 saturated carbocycles. The van der Waals surface area contributed by atoms with Crippen molar-refractivity contribution in [2.45, 2.75) is 6.92 Å². The Morgan fingerprint density at radius 1 is 1.00 bits per heavy atom. The van der Waals surface area contributed by atoms with E-state index in [1.165, 1.54) is 12.1 Å². The molecule has 0 spiro atoms. The van der Waals surface area contributed by atoms with Crippen molar-refractivity contribution in [3.63, 3.8) is 0 Å². The minimum Gasteiger partial charge on any atom is -0.497 e. The Hall–Kier alpha value is -2.49. The van der Waals surface area contributed by atoms with Crippen molar-refractivity contribution in [2.24, 2.45) is 0 Å². The predicted molar refractivity (Wildman–Crippen MR) is 76.2 cm³/mol. The maximum atomic E-state index is 13.3. The highest BCUT2D eigenvalue weighted by Crippen LogP contribution is 2.23. The molecule has 0 saturated heterocycles. The van der Waals surface area contributed by atoms with Crippen molar-refractivity contribution in [1.29, 1.82) is 0 Å². The Morgan fingerprint density at radius 2 is 1.75 bits per heavy atom. The molecule has 0 aliphatic rings. The highest BCUT2D eigenvalue weighted by Gasteiger charge is 2.07. The molecule has 3 aromatic rings. The first-order valence-corrected chi connectivity index (χ1v) is 6.26. The summed E-state index contributed by atoms with van der Waals surface area (Å²) >= 11 is 0. The Labute approximate surface area is 116 Å². The van der Waals surface area contributed by atoms with Crippen LogP contribution in [0.15, 0.2) is 42.5 Å². The summed E-state index contributed by atoms with van der Waals surface area (Å²) in [6.07, 6.45) is 0. The number of rotatable bonds is 2. The van der Waals surface area contributed by atoms with Crippen LogP contribution in [-0.4, -0.2) is 17.1 Å². The second-order valence-corrected chi connectivity index (χ2v) is 4.52. The van der Waals surface area contributed by atoms with Crippen molar-refractivity contribution in [2.75, 3.05) is 7.11 Å². The average molecular weight is 268 g/mol. The van der Waals surface area contributed by atoms with Gasteiger partial charge in [-0.1, -0.05) is 0 Å². The molecule has 0 amide bonds. The fourth-order valence-corrected chi connectivity index (χ4v) is 2.13. The van der Waals surface area contributed by atoms with Gasteiger partial charge in [0, 0.05) is 22.7 Å². The molecule has 0 fully saturated rings. The first-order valence-electron chi connectivity index (χ1n) is 6.26. The van der Waals surface area contributed by atoms with Gasteiger partial charge in [-0.3, -0.25) is 0 Å². The van der Waals surface area contributed by atoms with Crippen molar-refractivity contribution in [3.8, 4) is 17.1 Å². The molecule has 0 unspecified atom stereocenters. The fraction of sp³-hybridized carbons (Fsp3) is 0.125. The summed E-state index contributed by atoms with van der Waals surface area (Å²) in [4.78, 5) is 8.91. The van der Waals surface area contributed by atoms with E-state index < -0.39 is 0 Å². The summed E-state index contributed by atoms with van der Waals surface area (Å²) in [5.74, 6) is 1.07. The van der Waals surface area contributed by atoms with Crippen LogP contribution in [-0.2, 0) is 0 Å². The number of aryl methyl sites for hydroxylation is 1. The molecule has 100 valence electrons. The van der Waals surface area contributed by atoms with E-state index in [1.807, 2.05) is 31.2 Å². The van der Waals surface area contributed by atoms with Crippen LogP contribution in [0.5, 0.6) is 5.75 Å². The number of benzene rings is 2. The van der Waals surface area contributed by atoms with Crippen LogP contribution in [0.1, 0.15) is 5.69 Å². The number of halogens is 1. The van der Waals surface area contributed by atoms with Crippen molar-refractivity contribution >= 4 is 10.9 Å². The second-order valence-electron chi connectivity index (χ2n) is 4.52. The number of ether oxygens (including phenoxy) is 1. The van der Waals surface area contributed by atoms with E-state index in [1.54, 1.807) is 13.2 Å². The number of fused-ring (bicyclic) bond motifs is 1. The number of hydrogen-bond acceptors (Lipinski definition) is 3. The van der Waals surface area contributed by atoms with Gasteiger partial charge in [-0.2, -0.15) is 0 Å².